The number of nitrogens with zero attached hydrogens (tertiary/aromatic N) is 4. The Balaban J connectivity index is 0.749. The molecule has 68 heavy (non-hydrogen) atoms. The number of aliphatic hydroxyl groups is 1. The molecule has 0 radical (unpaired) electrons. The molecule has 2 aromatic heterocycles. The second-order valence-corrected chi connectivity index (χ2v) is 16.8. The van der Waals surface area contributed by atoms with Gasteiger partial charge in [0.05, 0.1) is 57.1 Å². The van der Waals surface area contributed by atoms with Crippen molar-refractivity contribution >= 4 is 45.1 Å². The Morgan fingerprint density at radius 2 is 1.53 bits per heavy atom. The number of anilines is 1. The van der Waals surface area contributed by atoms with Gasteiger partial charge < -0.3 is 59.9 Å². The van der Waals surface area contributed by atoms with E-state index in [4.69, 9.17) is 38.3 Å². The molecule has 8 N–H and O–H groups in total. The zero-order valence-electron chi connectivity index (χ0n) is 35.4. The van der Waals surface area contributed by atoms with Crippen LogP contribution in [0.3, 0.4) is 0 Å². The van der Waals surface area contributed by atoms with Crippen molar-refractivity contribution in [2.45, 2.75) is 30.1 Å². The van der Waals surface area contributed by atoms with Crippen LogP contribution in [0.15, 0.2) is 91.5 Å². The van der Waals surface area contributed by atoms with E-state index >= 15 is 0 Å². The molecule has 4 aromatic carbocycles. The van der Waals surface area contributed by atoms with Gasteiger partial charge in [-0.25, -0.2) is 24.5 Å². The smallest absolute Gasteiger partial charge is 0.362 e. The third-order valence-corrected chi connectivity index (χ3v) is 12.1. The van der Waals surface area contributed by atoms with Crippen LogP contribution in [0, 0.1) is 0 Å². The number of aromatic nitrogens is 4. The number of benzene rings is 4. The van der Waals surface area contributed by atoms with E-state index in [1.165, 1.54) is 71.8 Å². The van der Waals surface area contributed by atoms with E-state index in [9.17, 15) is 43.2 Å². The van der Waals surface area contributed by atoms with Gasteiger partial charge in [-0.2, -0.15) is 8.42 Å². The summed E-state index contributed by atoms with van der Waals surface area (Å²) in [4.78, 5) is 51.5. The number of aromatic hydroxyl groups is 3. The van der Waals surface area contributed by atoms with E-state index in [1.807, 2.05) is 0 Å². The molecule has 0 saturated carbocycles. The Hall–Kier alpha value is -7.45. The minimum Gasteiger partial charge on any atom is -0.508 e. The fourth-order valence-corrected chi connectivity index (χ4v) is 8.80. The lowest BCUT2D eigenvalue weighted by molar-refractivity contribution is -0.0828. The van der Waals surface area contributed by atoms with Crippen molar-refractivity contribution in [1.29, 1.82) is 0 Å². The van der Waals surface area contributed by atoms with E-state index in [1.54, 1.807) is 29.0 Å². The summed E-state index contributed by atoms with van der Waals surface area (Å²) in [5.74, 6) is -2.35. The van der Waals surface area contributed by atoms with E-state index in [0.29, 0.717) is 16.7 Å². The summed E-state index contributed by atoms with van der Waals surface area (Å²) in [6.07, 6.45) is -2.49. The molecule has 6 aromatic rings. The van der Waals surface area contributed by atoms with Crippen LogP contribution in [0.5, 0.6) is 28.7 Å². The minimum atomic E-state index is -4.75. The van der Waals surface area contributed by atoms with E-state index < -0.39 is 70.6 Å². The number of rotatable bonds is 17. The number of nitrogen functional groups attached to an aromatic ring is 1. The fraction of sp³-hybridized carbons (Fsp3) is 0.273. The number of phenolic OH excluding ortho intramolecular Hbond substituents is 3. The number of phenols is 3. The number of aliphatic hydroxyl groups excluding tert-OH is 1. The molecule has 5 heterocycles. The number of nitrogens with two attached hydrogens (primary N) is 1. The largest absolute Gasteiger partial charge is 0.508 e. The van der Waals surface area contributed by atoms with E-state index in [2.05, 4.69) is 20.3 Å². The van der Waals surface area contributed by atoms with Crippen molar-refractivity contribution in [2.75, 3.05) is 51.9 Å². The molecule has 0 unspecified atom stereocenters. The second-order valence-electron chi connectivity index (χ2n) is 15.4. The number of carbonyl (C=O) groups excluding carboxylic acids is 3. The highest BCUT2D eigenvalue weighted by molar-refractivity contribution is 7.85. The first-order valence-electron chi connectivity index (χ1n) is 20.8. The number of hydrogen-bond donors (Lipinski definition) is 7. The van der Waals surface area contributed by atoms with Gasteiger partial charge in [-0.05, 0) is 48.5 Å². The summed E-state index contributed by atoms with van der Waals surface area (Å²) in [5, 5.41) is 44.3. The van der Waals surface area contributed by atoms with Crippen LogP contribution in [-0.4, -0.2) is 131 Å². The molecule has 0 bridgehead atoms. The van der Waals surface area contributed by atoms with Crippen molar-refractivity contribution in [3.8, 4) is 28.7 Å². The van der Waals surface area contributed by atoms with Crippen LogP contribution >= 0.6 is 0 Å². The van der Waals surface area contributed by atoms with Crippen LogP contribution in [0.2, 0.25) is 0 Å². The summed E-state index contributed by atoms with van der Waals surface area (Å²) in [7, 11) is -4.75. The molecule has 1 spiro atoms. The number of nitrogens with one attached hydrogen (secondary N) is 2. The maximum Gasteiger partial charge on any atom is 0.362 e. The first kappa shape index (κ1) is 45.7. The Labute approximate surface area is 385 Å². The molecule has 1 fully saturated rings. The SMILES string of the molecule is Nc1ncnc2c1ncn2[C@@H]1O[C@H](COS(=O)(=O)NC(=O)c2ccccc2O)[C@@H](O)[C@H]1OCCOCCOCCNC(=O)c1ccc2c(c1)C(=O)OC21c2ccc(O)cc2Oc2cc(O)ccc21. The van der Waals surface area contributed by atoms with E-state index in [-0.39, 0.29) is 96.2 Å². The molecule has 24 heteroatoms. The van der Waals surface area contributed by atoms with Gasteiger partial charge in [-0.1, -0.05) is 18.2 Å². The first-order valence-corrected chi connectivity index (χ1v) is 22.2. The lowest BCUT2D eigenvalue weighted by Gasteiger charge is -2.36. The summed E-state index contributed by atoms with van der Waals surface area (Å²) in [6, 6.07) is 18.8. The van der Waals surface area contributed by atoms with Gasteiger partial charge in [-0.15, -0.1) is 0 Å². The number of amides is 2. The molecular formula is C44H41N7O16S. The topological polar surface area (TPSA) is 325 Å². The average Bonchev–Trinajstić information content (AvgIpc) is 3.97. The highest BCUT2D eigenvalue weighted by Gasteiger charge is 2.54. The summed E-state index contributed by atoms with van der Waals surface area (Å²) in [6.45, 7) is -0.289. The molecular weight excluding hydrogens is 915 g/mol. The Bertz CT molecular complexity index is 2990. The quantitative estimate of drug-likeness (QED) is 0.0507. The molecule has 0 aliphatic carbocycles. The van der Waals surface area contributed by atoms with Crippen molar-refractivity contribution in [3.05, 3.63) is 125 Å². The van der Waals surface area contributed by atoms with Gasteiger partial charge in [0.1, 0.15) is 58.9 Å². The number of hydrogen-bond acceptors (Lipinski definition) is 20. The number of imidazole rings is 1. The molecule has 23 nitrogen and oxygen atoms in total. The predicted octanol–water partition coefficient (Wildman–Crippen LogP) is 1.89. The molecule has 3 aliphatic rings. The van der Waals surface area contributed by atoms with Gasteiger partial charge in [0.15, 0.2) is 23.3 Å². The maximum atomic E-state index is 13.4. The normalized spacial score (nSPS) is 18.9. The molecule has 3 aliphatic heterocycles. The lowest BCUT2D eigenvalue weighted by Crippen LogP contribution is -2.39. The van der Waals surface area contributed by atoms with Crippen molar-refractivity contribution in [1.82, 2.24) is 29.6 Å². The summed E-state index contributed by atoms with van der Waals surface area (Å²) >= 11 is 0. The monoisotopic (exact) mass is 955 g/mol. The van der Waals surface area contributed by atoms with Crippen LogP contribution in [0.25, 0.3) is 11.2 Å². The molecule has 9 rings (SSSR count). The van der Waals surface area contributed by atoms with Crippen LogP contribution in [-0.2, 0) is 43.8 Å². The van der Waals surface area contributed by atoms with Gasteiger partial charge in [0, 0.05) is 40.9 Å². The van der Waals surface area contributed by atoms with Gasteiger partial charge in [-0.3, -0.25) is 18.3 Å². The van der Waals surface area contributed by atoms with Crippen LogP contribution in [0.4, 0.5) is 5.82 Å². The molecule has 1 saturated heterocycles. The van der Waals surface area contributed by atoms with Gasteiger partial charge in [0.25, 0.3) is 11.8 Å². The van der Waals surface area contributed by atoms with Crippen LogP contribution in [0.1, 0.15) is 54.0 Å². The Morgan fingerprint density at radius 1 is 0.838 bits per heavy atom. The third kappa shape index (κ3) is 8.79. The fourth-order valence-electron chi connectivity index (χ4n) is 8.09. The van der Waals surface area contributed by atoms with Crippen molar-refractivity contribution < 1.29 is 75.8 Å². The summed E-state index contributed by atoms with van der Waals surface area (Å²) in [5.41, 5.74) is 6.38. The lowest BCUT2D eigenvalue weighted by atomic mass is 9.77. The summed E-state index contributed by atoms with van der Waals surface area (Å²) < 4.78 is 68.8. The van der Waals surface area contributed by atoms with E-state index in [0.717, 1.165) is 0 Å². The second kappa shape index (κ2) is 18.7. The predicted molar refractivity (Wildman–Crippen MR) is 232 cm³/mol. The minimum absolute atomic E-state index is 0.0287. The van der Waals surface area contributed by atoms with Crippen molar-refractivity contribution in [2.24, 2.45) is 0 Å². The number of para-hydroxylation sites is 1. The molecule has 354 valence electrons. The maximum absolute atomic E-state index is 13.4. The highest BCUT2D eigenvalue weighted by Crippen LogP contribution is 2.57. The van der Waals surface area contributed by atoms with Gasteiger partial charge in [0.2, 0.25) is 0 Å². The number of carbonyl (C=O) groups is 3. The number of fused-ring (bicyclic) bond motifs is 7. The number of ether oxygens (including phenoxy) is 6. The third-order valence-electron chi connectivity index (χ3n) is 11.2. The molecule has 4 atom stereocenters. The van der Waals surface area contributed by atoms with Crippen LogP contribution < -0.4 is 20.5 Å². The Morgan fingerprint density at radius 3 is 2.26 bits per heavy atom. The van der Waals surface area contributed by atoms with Crippen molar-refractivity contribution in [3.63, 3.8) is 0 Å². The zero-order chi connectivity index (χ0) is 47.7. The zero-order valence-corrected chi connectivity index (χ0v) is 36.2. The molecule has 2 amide bonds. The van der Waals surface area contributed by atoms with Gasteiger partial charge >= 0.3 is 16.3 Å². The number of esters is 1. The highest BCUT2D eigenvalue weighted by atomic mass is 32.2. The standard InChI is InChI=1S/C44H41N7O16S/c45-38-35-39(48-21-47-38)51(22-49-35)42-37(36(55)34(66-42)20-64-68(59,60)50-41(57)26-3-1-2-4-31(26)54)63-16-15-62-14-13-61-12-11-46-40(56)23-5-8-28-27(17-23)43(58)67-44(28)29-9-6-24(52)18-32(29)65-33-19-25(53)7-10-30(33)44/h1-10,17-19,21-22,34,36-37,42,52-55H,11-16,20H2,(H,46,56)(H,50,57)(H2,45,47,48)/t34-,36-,37-,42-/m1/s1. The Kier molecular flexibility index (Phi) is 12.5. The first-order chi connectivity index (χ1) is 32.7. The average molecular weight is 956 g/mol.